The van der Waals surface area contributed by atoms with Crippen LogP contribution in [-0.2, 0) is 10.5 Å². The van der Waals surface area contributed by atoms with Gasteiger partial charge in [-0.15, -0.1) is 0 Å². The molecular formula is C12H17BO3S. The maximum absolute atomic E-state index is 9.27. The van der Waals surface area contributed by atoms with Gasteiger partial charge in [0.25, 0.3) is 0 Å². The molecule has 1 aromatic rings. The quantitative estimate of drug-likeness (QED) is 0.777. The van der Waals surface area contributed by atoms with Crippen molar-refractivity contribution in [2.75, 3.05) is 13.2 Å². The van der Waals surface area contributed by atoms with Gasteiger partial charge in [0.05, 0.1) is 0 Å². The monoisotopic (exact) mass is 252 g/mol. The van der Waals surface area contributed by atoms with Crippen LogP contribution in [0.4, 0.5) is 0 Å². The minimum Gasteiger partial charge on any atom is -0.423 e. The molecular weight excluding hydrogens is 235 g/mol. The van der Waals surface area contributed by atoms with Crippen molar-refractivity contribution in [2.24, 2.45) is 0 Å². The third kappa shape index (κ3) is 3.74. The number of hydrogen-bond acceptors (Lipinski definition) is 4. The van der Waals surface area contributed by atoms with Gasteiger partial charge in [-0.3, -0.25) is 0 Å². The Morgan fingerprint density at radius 1 is 1.24 bits per heavy atom. The molecule has 0 radical (unpaired) electrons. The van der Waals surface area contributed by atoms with Crippen molar-refractivity contribution in [3.8, 4) is 0 Å². The molecule has 0 aliphatic carbocycles. The summed E-state index contributed by atoms with van der Waals surface area (Å²) in [6.45, 7) is 1.70. The highest BCUT2D eigenvalue weighted by atomic mass is 32.2. The molecule has 0 spiro atoms. The maximum atomic E-state index is 9.27. The van der Waals surface area contributed by atoms with Crippen LogP contribution in [0.15, 0.2) is 24.3 Å². The first-order valence-electron chi connectivity index (χ1n) is 5.90. The number of rotatable bonds is 4. The molecule has 17 heavy (non-hydrogen) atoms. The lowest BCUT2D eigenvalue weighted by molar-refractivity contribution is 0.1000. The highest BCUT2D eigenvalue weighted by Gasteiger charge is 2.18. The summed E-state index contributed by atoms with van der Waals surface area (Å²) in [5.41, 5.74) is 1.63. The molecule has 2 rings (SSSR count). The van der Waals surface area contributed by atoms with E-state index in [1.54, 1.807) is 6.07 Å². The summed E-state index contributed by atoms with van der Waals surface area (Å²) < 4.78 is 5.32. The predicted octanol–water partition coefficient (Wildman–Crippen LogP) is 0.779. The first kappa shape index (κ1) is 13.0. The average Bonchev–Trinajstić information content (AvgIpc) is 2.38. The van der Waals surface area contributed by atoms with Gasteiger partial charge in [0.15, 0.2) is 0 Å². The van der Waals surface area contributed by atoms with Gasteiger partial charge in [0.1, 0.15) is 0 Å². The van der Waals surface area contributed by atoms with Crippen molar-refractivity contribution in [1.29, 1.82) is 0 Å². The molecule has 0 bridgehead atoms. The van der Waals surface area contributed by atoms with Crippen LogP contribution < -0.4 is 5.46 Å². The number of benzene rings is 1. The molecule has 0 aromatic heterocycles. The van der Waals surface area contributed by atoms with E-state index in [9.17, 15) is 10.0 Å². The fourth-order valence-electron chi connectivity index (χ4n) is 1.97. The molecule has 1 saturated heterocycles. The van der Waals surface area contributed by atoms with E-state index in [1.165, 1.54) is 0 Å². The average molecular weight is 252 g/mol. The van der Waals surface area contributed by atoms with Crippen LogP contribution >= 0.6 is 11.8 Å². The normalized spacial score (nSPS) is 17.1. The second-order valence-corrected chi connectivity index (χ2v) is 5.48. The van der Waals surface area contributed by atoms with E-state index in [2.05, 4.69) is 0 Å². The molecule has 1 aliphatic heterocycles. The number of hydrogen-bond donors (Lipinski definition) is 2. The van der Waals surface area contributed by atoms with Crippen LogP contribution in [0.25, 0.3) is 0 Å². The SMILES string of the molecule is OB(O)c1ccccc1CSC1CCOCC1. The van der Waals surface area contributed by atoms with Crippen molar-refractivity contribution < 1.29 is 14.8 Å². The van der Waals surface area contributed by atoms with Crippen LogP contribution in [0.2, 0.25) is 0 Å². The third-order valence-corrected chi connectivity index (χ3v) is 4.40. The van der Waals surface area contributed by atoms with E-state index in [0.717, 1.165) is 37.4 Å². The van der Waals surface area contributed by atoms with Crippen molar-refractivity contribution >= 4 is 24.3 Å². The molecule has 0 amide bonds. The smallest absolute Gasteiger partial charge is 0.423 e. The van der Waals surface area contributed by atoms with Gasteiger partial charge in [-0.1, -0.05) is 24.3 Å². The van der Waals surface area contributed by atoms with Crippen molar-refractivity contribution in [1.82, 2.24) is 0 Å². The van der Waals surface area contributed by atoms with E-state index in [0.29, 0.717) is 10.7 Å². The Kier molecular flexibility index (Phi) is 4.92. The Balaban J connectivity index is 1.93. The topological polar surface area (TPSA) is 49.7 Å². The minimum absolute atomic E-state index is 0.618. The zero-order chi connectivity index (χ0) is 12.1. The minimum atomic E-state index is -1.37. The second-order valence-electron chi connectivity index (χ2n) is 4.20. The molecule has 0 unspecified atom stereocenters. The number of thioether (sulfide) groups is 1. The van der Waals surface area contributed by atoms with E-state index in [1.807, 2.05) is 30.0 Å². The largest absolute Gasteiger partial charge is 0.488 e. The lowest BCUT2D eigenvalue weighted by Gasteiger charge is -2.21. The molecule has 1 aromatic carbocycles. The molecule has 1 aliphatic rings. The highest BCUT2D eigenvalue weighted by molar-refractivity contribution is 7.99. The Hall–Kier alpha value is -0.485. The Labute approximate surface area is 106 Å². The zero-order valence-corrected chi connectivity index (χ0v) is 10.5. The summed E-state index contributed by atoms with van der Waals surface area (Å²) in [6.07, 6.45) is 2.18. The van der Waals surface area contributed by atoms with Crippen LogP contribution in [0, 0.1) is 0 Å². The molecule has 2 N–H and O–H groups in total. The highest BCUT2D eigenvalue weighted by Crippen LogP contribution is 2.25. The third-order valence-electron chi connectivity index (χ3n) is 2.98. The Morgan fingerprint density at radius 2 is 1.94 bits per heavy atom. The van der Waals surface area contributed by atoms with Gasteiger partial charge >= 0.3 is 7.12 Å². The first-order chi connectivity index (χ1) is 8.27. The summed E-state index contributed by atoms with van der Waals surface area (Å²) >= 11 is 1.88. The summed E-state index contributed by atoms with van der Waals surface area (Å²) in [5, 5.41) is 19.2. The Bertz CT molecular complexity index is 353. The molecule has 3 nitrogen and oxygen atoms in total. The fourth-order valence-corrected chi connectivity index (χ4v) is 3.17. The van der Waals surface area contributed by atoms with Crippen molar-refractivity contribution in [2.45, 2.75) is 23.8 Å². The molecule has 0 saturated carbocycles. The summed E-state index contributed by atoms with van der Waals surface area (Å²) in [5.74, 6) is 0.832. The standard InChI is InChI=1S/C12H17BO3S/c14-13(15)12-4-2-1-3-10(12)9-17-11-5-7-16-8-6-11/h1-4,11,14-15H,5-9H2. The zero-order valence-electron chi connectivity index (χ0n) is 9.71. The van der Waals surface area contributed by atoms with Crippen molar-refractivity contribution in [3.63, 3.8) is 0 Å². The summed E-state index contributed by atoms with van der Waals surface area (Å²) in [7, 11) is -1.37. The van der Waals surface area contributed by atoms with E-state index < -0.39 is 7.12 Å². The fraction of sp³-hybridized carbons (Fsp3) is 0.500. The van der Waals surface area contributed by atoms with E-state index in [-0.39, 0.29) is 0 Å². The molecule has 5 heteroatoms. The van der Waals surface area contributed by atoms with Crippen LogP contribution in [0.3, 0.4) is 0 Å². The van der Waals surface area contributed by atoms with Gasteiger partial charge in [-0.05, 0) is 23.9 Å². The first-order valence-corrected chi connectivity index (χ1v) is 6.95. The van der Waals surface area contributed by atoms with Gasteiger partial charge in [-0.2, -0.15) is 11.8 Å². The molecule has 1 fully saturated rings. The summed E-state index contributed by atoms with van der Waals surface area (Å²) in [6, 6.07) is 7.49. The number of ether oxygens (including phenoxy) is 1. The lowest BCUT2D eigenvalue weighted by atomic mass is 9.77. The molecule has 0 atom stereocenters. The van der Waals surface area contributed by atoms with E-state index >= 15 is 0 Å². The predicted molar refractivity (Wildman–Crippen MR) is 71.4 cm³/mol. The van der Waals surface area contributed by atoms with Crippen LogP contribution in [0.1, 0.15) is 18.4 Å². The molecule has 1 heterocycles. The van der Waals surface area contributed by atoms with Gasteiger partial charge in [-0.25, -0.2) is 0 Å². The lowest BCUT2D eigenvalue weighted by Crippen LogP contribution is -2.32. The summed E-state index contributed by atoms with van der Waals surface area (Å²) in [4.78, 5) is 0. The van der Waals surface area contributed by atoms with Crippen molar-refractivity contribution in [3.05, 3.63) is 29.8 Å². The van der Waals surface area contributed by atoms with Crippen LogP contribution in [-0.4, -0.2) is 35.6 Å². The Morgan fingerprint density at radius 3 is 2.65 bits per heavy atom. The van der Waals surface area contributed by atoms with Crippen LogP contribution in [0.5, 0.6) is 0 Å². The second kappa shape index (κ2) is 6.45. The maximum Gasteiger partial charge on any atom is 0.488 e. The van der Waals surface area contributed by atoms with E-state index in [4.69, 9.17) is 4.74 Å². The van der Waals surface area contributed by atoms with Gasteiger partial charge in [0.2, 0.25) is 0 Å². The van der Waals surface area contributed by atoms with Gasteiger partial charge < -0.3 is 14.8 Å². The molecule has 92 valence electrons. The van der Waals surface area contributed by atoms with Gasteiger partial charge in [0, 0.05) is 24.2 Å².